The molecule has 0 aliphatic carbocycles. The van der Waals surface area contributed by atoms with Gasteiger partial charge in [-0.1, -0.05) is 23.7 Å². The molecule has 2 aromatic heterocycles. The van der Waals surface area contributed by atoms with Crippen LogP contribution in [0.3, 0.4) is 0 Å². The number of aromatic nitrogens is 5. The molecule has 4 aromatic rings. The molecule has 1 aliphatic rings. The molecule has 9 nitrogen and oxygen atoms in total. The minimum atomic E-state index is -0.538. The van der Waals surface area contributed by atoms with E-state index in [9.17, 15) is 4.79 Å². The van der Waals surface area contributed by atoms with Crippen molar-refractivity contribution in [3.63, 3.8) is 0 Å². The molecule has 0 spiro atoms. The predicted octanol–water partition coefficient (Wildman–Crippen LogP) is 4.70. The maximum absolute atomic E-state index is 13.7. The van der Waals surface area contributed by atoms with E-state index in [1.165, 1.54) is 0 Å². The van der Waals surface area contributed by atoms with Crippen LogP contribution in [0.4, 0.5) is 0 Å². The Labute approximate surface area is 226 Å². The minimum absolute atomic E-state index is 0.0448. The topological polar surface area (TPSA) is 98.2 Å². The van der Waals surface area contributed by atoms with Gasteiger partial charge in [-0.05, 0) is 86.0 Å². The number of tetrazole rings is 1. The lowest BCUT2D eigenvalue weighted by Crippen LogP contribution is -2.40. The van der Waals surface area contributed by atoms with E-state index in [1.54, 1.807) is 11.8 Å². The summed E-state index contributed by atoms with van der Waals surface area (Å²) in [4.78, 5) is 19.0. The van der Waals surface area contributed by atoms with Crippen molar-refractivity contribution in [3.8, 4) is 5.75 Å². The third-order valence-electron chi connectivity index (χ3n) is 6.87. The van der Waals surface area contributed by atoms with Crippen LogP contribution in [0.2, 0.25) is 5.02 Å². The smallest absolute Gasteiger partial charge is 0.253 e. The molecule has 5 rings (SSSR count). The van der Waals surface area contributed by atoms with Crippen LogP contribution in [-0.2, 0) is 16.8 Å². The molecule has 1 fully saturated rings. The molecule has 0 radical (unpaired) electrons. The lowest BCUT2D eigenvalue weighted by molar-refractivity contribution is 0.0564. The van der Waals surface area contributed by atoms with Gasteiger partial charge in [0.25, 0.3) is 5.56 Å². The number of nitrogens with one attached hydrogen (secondary N) is 1. The first-order valence-electron chi connectivity index (χ1n) is 12.8. The molecule has 2 atom stereocenters. The first-order valence-corrected chi connectivity index (χ1v) is 13.2. The number of methoxy groups -OCH3 is 1. The zero-order chi connectivity index (χ0) is 26.9. The summed E-state index contributed by atoms with van der Waals surface area (Å²) in [6.45, 7) is 8.03. The van der Waals surface area contributed by atoms with E-state index in [1.807, 2.05) is 69.3 Å². The van der Waals surface area contributed by atoms with Crippen LogP contribution >= 0.6 is 11.6 Å². The summed E-state index contributed by atoms with van der Waals surface area (Å²) in [7, 11) is 1.63. The number of ether oxygens (including phenoxy) is 2. The Hall–Kier alpha value is -3.27. The quantitative estimate of drug-likeness (QED) is 0.348. The number of pyridine rings is 1. The van der Waals surface area contributed by atoms with Gasteiger partial charge in [-0.25, -0.2) is 4.68 Å². The van der Waals surface area contributed by atoms with Gasteiger partial charge in [-0.2, -0.15) is 0 Å². The highest BCUT2D eigenvalue weighted by molar-refractivity contribution is 6.30. The second kappa shape index (κ2) is 10.8. The van der Waals surface area contributed by atoms with Crippen LogP contribution in [0.15, 0.2) is 53.3 Å². The van der Waals surface area contributed by atoms with E-state index in [0.717, 1.165) is 35.9 Å². The van der Waals surface area contributed by atoms with Crippen molar-refractivity contribution in [1.82, 2.24) is 30.1 Å². The van der Waals surface area contributed by atoms with Gasteiger partial charge in [0.05, 0.1) is 18.8 Å². The van der Waals surface area contributed by atoms with Crippen molar-refractivity contribution in [3.05, 3.63) is 80.9 Å². The maximum atomic E-state index is 13.7. The molecule has 38 heavy (non-hydrogen) atoms. The molecule has 3 heterocycles. The Kier molecular flexibility index (Phi) is 7.52. The van der Waals surface area contributed by atoms with Crippen molar-refractivity contribution in [1.29, 1.82) is 0 Å². The molecular formula is C28H33ClN6O3. The summed E-state index contributed by atoms with van der Waals surface area (Å²) in [6, 6.07) is 14.8. The van der Waals surface area contributed by atoms with Gasteiger partial charge in [0.2, 0.25) is 0 Å². The van der Waals surface area contributed by atoms with Gasteiger partial charge >= 0.3 is 0 Å². The Morgan fingerprint density at radius 3 is 2.68 bits per heavy atom. The van der Waals surface area contributed by atoms with Crippen LogP contribution < -0.4 is 10.3 Å². The summed E-state index contributed by atoms with van der Waals surface area (Å²) < 4.78 is 13.3. The third kappa shape index (κ3) is 5.60. The fraction of sp³-hybridized carbons (Fsp3) is 0.429. The number of benzene rings is 2. The summed E-state index contributed by atoms with van der Waals surface area (Å²) >= 11 is 6.18. The van der Waals surface area contributed by atoms with Gasteiger partial charge < -0.3 is 14.5 Å². The number of hydrogen-bond acceptors (Lipinski definition) is 7. The lowest BCUT2D eigenvalue weighted by Gasteiger charge is -2.34. The van der Waals surface area contributed by atoms with Crippen molar-refractivity contribution >= 4 is 22.5 Å². The fourth-order valence-corrected chi connectivity index (χ4v) is 5.13. The molecular weight excluding hydrogens is 504 g/mol. The van der Waals surface area contributed by atoms with Crippen LogP contribution in [0.5, 0.6) is 5.75 Å². The van der Waals surface area contributed by atoms with Crippen molar-refractivity contribution in [2.75, 3.05) is 20.3 Å². The van der Waals surface area contributed by atoms with Crippen LogP contribution in [0, 0.1) is 0 Å². The Balaban J connectivity index is 1.69. The zero-order valence-corrected chi connectivity index (χ0v) is 22.9. The molecule has 0 unspecified atom stereocenters. The number of fused-ring (bicyclic) bond motifs is 1. The van der Waals surface area contributed by atoms with Gasteiger partial charge in [-0.15, -0.1) is 5.10 Å². The second-order valence-corrected chi connectivity index (χ2v) is 11.2. The standard InChI is InChI=1S/C28H33ClN6O3/c1-28(2,3)35-26(31-32-33-35)25(23-15-19-14-21(37-4)11-12-24(19)30-27(23)36)34(17-22-6-5-13-38-22)16-18-7-9-20(29)10-8-18/h7-12,14-15,22,25H,5-6,13,16-17H2,1-4H3,(H,30,36)/t22-,25-/m0/s1. The minimum Gasteiger partial charge on any atom is -0.497 e. The lowest BCUT2D eigenvalue weighted by atomic mass is 10.00. The normalized spacial score (nSPS) is 16.8. The van der Waals surface area contributed by atoms with E-state index >= 15 is 0 Å². The largest absolute Gasteiger partial charge is 0.497 e. The van der Waals surface area contributed by atoms with Gasteiger partial charge in [0, 0.05) is 41.2 Å². The average Bonchev–Trinajstić information content (AvgIpc) is 3.58. The van der Waals surface area contributed by atoms with Crippen molar-refractivity contribution < 1.29 is 9.47 Å². The van der Waals surface area contributed by atoms with Gasteiger partial charge in [0.15, 0.2) is 5.82 Å². The van der Waals surface area contributed by atoms with E-state index < -0.39 is 11.6 Å². The van der Waals surface area contributed by atoms with Gasteiger partial charge in [-0.3, -0.25) is 9.69 Å². The molecule has 1 N–H and O–H groups in total. The maximum Gasteiger partial charge on any atom is 0.253 e. The van der Waals surface area contributed by atoms with Crippen LogP contribution in [0.1, 0.15) is 56.6 Å². The third-order valence-corrected chi connectivity index (χ3v) is 7.13. The second-order valence-electron chi connectivity index (χ2n) is 10.7. The number of H-pyrrole nitrogens is 1. The Morgan fingerprint density at radius 2 is 2.00 bits per heavy atom. The molecule has 1 saturated heterocycles. The molecule has 2 aromatic carbocycles. The van der Waals surface area contributed by atoms with E-state index in [2.05, 4.69) is 25.4 Å². The SMILES string of the molecule is COc1ccc2[nH]c(=O)c([C@@H](c3nnnn3C(C)(C)C)N(Cc3ccc(Cl)cc3)C[C@@H]3CCCO3)cc2c1. The monoisotopic (exact) mass is 536 g/mol. The molecule has 200 valence electrons. The predicted molar refractivity (Wildman–Crippen MR) is 147 cm³/mol. The van der Waals surface area contributed by atoms with E-state index in [4.69, 9.17) is 21.1 Å². The van der Waals surface area contributed by atoms with Gasteiger partial charge in [0.1, 0.15) is 11.8 Å². The number of hydrogen-bond donors (Lipinski definition) is 1. The first-order chi connectivity index (χ1) is 18.2. The Bertz CT molecular complexity index is 1450. The fourth-order valence-electron chi connectivity index (χ4n) is 5.01. The van der Waals surface area contributed by atoms with E-state index in [-0.39, 0.29) is 11.7 Å². The molecule has 1 aliphatic heterocycles. The highest BCUT2D eigenvalue weighted by Gasteiger charge is 2.35. The van der Waals surface area contributed by atoms with Crippen LogP contribution in [-0.4, -0.2) is 56.5 Å². The number of aromatic amines is 1. The van der Waals surface area contributed by atoms with E-state index in [0.29, 0.717) is 35.2 Å². The highest BCUT2D eigenvalue weighted by Crippen LogP contribution is 2.32. The summed E-state index contributed by atoms with van der Waals surface area (Å²) in [5.74, 6) is 1.31. The average molecular weight is 537 g/mol. The molecule has 0 bridgehead atoms. The van der Waals surface area contributed by atoms with Crippen molar-refractivity contribution in [2.45, 2.75) is 57.8 Å². The summed E-state index contributed by atoms with van der Waals surface area (Å²) in [6.07, 6.45) is 2.02. The molecule has 0 saturated carbocycles. The highest BCUT2D eigenvalue weighted by atomic mass is 35.5. The molecule has 0 amide bonds. The summed E-state index contributed by atoms with van der Waals surface area (Å²) in [5.41, 5.74) is 1.76. The van der Waals surface area contributed by atoms with Crippen molar-refractivity contribution in [2.24, 2.45) is 0 Å². The molecule has 10 heteroatoms. The summed E-state index contributed by atoms with van der Waals surface area (Å²) in [5, 5.41) is 14.4. The zero-order valence-electron chi connectivity index (χ0n) is 22.1. The first kappa shape index (κ1) is 26.3. The number of nitrogens with zero attached hydrogens (tertiary/aromatic N) is 5. The number of halogens is 1. The van der Waals surface area contributed by atoms with Crippen LogP contribution in [0.25, 0.3) is 10.9 Å². The number of rotatable bonds is 8. The Morgan fingerprint density at radius 1 is 1.21 bits per heavy atom.